The van der Waals surface area contributed by atoms with E-state index in [-0.39, 0.29) is 24.2 Å². The molecule has 1 aliphatic heterocycles. The standard InChI is InChI=1S/C16H23ClN4O2/c1-19(2)7-8-21-11-13(9-14(21)22)16(23)20(3)10-12-5-4-6-18-15(12)17/h4-6,13H,7-11H2,1-3H3. The number of pyridine rings is 1. The van der Waals surface area contributed by atoms with Crippen LogP contribution < -0.4 is 0 Å². The van der Waals surface area contributed by atoms with Gasteiger partial charge in [0.1, 0.15) is 5.15 Å². The van der Waals surface area contributed by atoms with Crippen molar-refractivity contribution in [2.45, 2.75) is 13.0 Å². The predicted molar refractivity (Wildman–Crippen MR) is 89.0 cm³/mol. The van der Waals surface area contributed by atoms with Gasteiger partial charge in [0, 0.05) is 51.4 Å². The lowest BCUT2D eigenvalue weighted by molar-refractivity contribution is -0.135. The summed E-state index contributed by atoms with van der Waals surface area (Å²) in [6.07, 6.45) is 1.91. The summed E-state index contributed by atoms with van der Waals surface area (Å²) in [5.74, 6) is -0.242. The summed E-state index contributed by atoms with van der Waals surface area (Å²) in [7, 11) is 5.67. The smallest absolute Gasteiger partial charge is 0.228 e. The molecular weight excluding hydrogens is 316 g/mol. The molecular formula is C16H23ClN4O2. The largest absolute Gasteiger partial charge is 0.341 e. The van der Waals surface area contributed by atoms with E-state index in [1.807, 2.05) is 25.1 Å². The van der Waals surface area contributed by atoms with Crippen molar-refractivity contribution in [3.63, 3.8) is 0 Å². The SMILES string of the molecule is CN(C)CCN1CC(C(=O)N(C)Cc2cccnc2Cl)CC1=O. The average Bonchev–Trinajstić information content (AvgIpc) is 2.87. The molecule has 6 nitrogen and oxygen atoms in total. The number of amides is 2. The summed E-state index contributed by atoms with van der Waals surface area (Å²) in [4.78, 5) is 34.0. The third-order valence-electron chi connectivity index (χ3n) is 4.00. The first-order valence-electron chi connectivity index (χ1n) is 7.65. The molecule has 7 heteroatoms. The third-order valence-corrected chi connectivity index (χ3v) is 4.34. The van der Waals surface area contributed by atoms with Crippen LogP contribution in [-0.4, -0.2) is 72.3 Å². The quantitative estimate of drug-likeness (QED) is 0.729. The van der Waals surface area contributed by atoms with Gasteiger partial charge in [0.05, 0.1) is 5.92 Å². The number of nitrogens with zero attached hydrogens (tertiary/aromatic N) is 4. The highest BCUT2D eigenvalue weighted by Gasteiger charge is 2.35. The molecule has 126 valence electrons. The van der Waals surface area contributed by atoms with Gasteiger partial charge < -0.3 is 14.7 Å². The Bertz CT molecular complexity index is 579. The molecule has 1 saturated heterocycles. The number of carbonyl (C=O) groups is 2. The summed E-state index contributed by atoms with van der Waals surface area (Å²) >= 11 is 6.03. The average molecular weight is 339 g/mol. The van der Waals surface area contributed by atoms with Crippen molar-refractivity contribution in [2.75, 3.05) is 40.8 Å². The van der Waals surface area contributed by atoms with Crippen molar-refractivity contribution in [1.29, 1.82) is 0 Å². The van der Waals surface area contributed by atoms with E-state index in [0.29, 0.717) is 24.8 Å². The summed E-state index contributed by atoms with van der Waals surface area (Å²) in [5, 5.41) is 0.405. The van der Waals surface area contributed by atoms with Gasteiger partial charge in [-0.25, -0.2) is 4.98 Å². The van der Waals surface area contributed by atoms with Crippen molar-refractivity contribution >= 4 is 23.4 Å². The molecule has 1 aliphatic rings. The van der Waals surface area contributed by atoms with E-state index in [1.165, 1.54) is 0 Å². The number of hydrogen-bond donors (Lipinski definition) is 0. The molecule has 1 aromatic rings. The van der Waals surface area contributed by atoms with Gasteiger partial charge in [-0.15, -0.1) is 0 Å². The second kappa shape index (κ2) is 7.75. The normalized spacial score (nSPS) is 17.9. The molecule has 2 rings (SSSR count). The second-order valence-corrected chi connectivity index (χ2v) is 6.55. The molecule has 0 aliphatic carbocycles. The van der Waals surface area contributed by atoms with E-state index in [2.05, 4.69) is 4.98 Å². The van der Waals surface area contributed by atoms with Crippen LogP contribution in [-0.2, 0) is 16.1 Å². The first-order chi connectivity index (χ1) is 10.9. The predicted octanol–water partition coefficient (Wildman–Crippen LogP) is 1.10. The number of rotatable bonds is 6. The Morgan fingerprint density at radius 3 is 2.83 bits per heavy atom. The van der Waals surface area contributed by atoms with Crippen LogP contribution in [0.15, 0.2) is 18.3 Å². The molecule has 1 atom stereocenters. The van der Waals surface area contributed by atoms with Gasteiger partial charge >= 0.3 is 0 Å². The van der Waals surface area contributed by atoms with Crippen molar-refractivity contribution in [3.8, 4) is 0 Å². The van der Waals surface area contributed by atoms with Crippen LogP contribution in [0, 0.1) is 5.92 Å². The zero-order valence-corrected chi connectivity index (χ0v) is 14.6. The molecule has 1 unspecified atom stereocenters. The number of hydrogen-bond acceptors (Lipinski definition) is 4. The molecule has 0 spiro atoms. The van der Waals surface area contributed by atoms with Crippen LogP contribution in [0.4, 0.5) is 0 Å². The van der Waals surface area contributed by atoms with Gasteiger partial charge in [-0.1, -0.05) is 17.7 Å². The molecule has 1 fully saturated rings. The highest BCUT2D eigenvalue weighted by Crippen LogP contribution is 2.21. The maximum absolute atomic E-state index is 12.6. The van der Waals surface area contributed by atoms with Crippen LogP contribution in [0.5, 0.6) is 0 Å². The molecule has 2 heterocycles. The van der Waals surface area contributed by atoms with Gasteiger partial charge in [-0.05, 0) is 20.2 Å². The molecule has 1 aromatic heterocycles. The van der Waals surface area contributed by atoms with Crippen molar-refractivity contribution in [1.82, 2.24) is 19.7 Å². The van der Waals surface area contributed by atoms with Crippen LogP contribution >= 0.6 is 11.6 Å². The molecule has 2 amide bonds. The fourth-order valence-corrected chi connectivity index (χ4v) is 2.84. The van der Waals surface area contributed by atoms with E-state index in [9.17, 15) is 9.59 Å². The number of likely N-dealkylation sites (tertiary alicyclic amines) is 1. The minimum Gasteiger partial charge on any atom is -0.341 e. The lowest BCUT2D eigenvalue weighted by atomic mass is 10.1. The molecule has 23 heavy (non-hydrogen) atoms. The minimum atomic E-state index is -0.273. The van der Waals surface area contributed by atoms with Crippen LogP contribution in [0.2, 0.25) is 5.15 Å². The van der Waals surface area contributed by atoms with E-state index in [4.69, 9.17) is 11.6 Å². The van der Waals surface area contributed by atoms with Crippen molar-refractivity contribution in [3.05, 3.63) is 29.0 Å². The van der Waals surface area contributed by atoms with Gasteiger partial charge in [0.25, 0.3) is 0 Å². The molecule has 0 N–H and O–H groups in total. The van der Waals surface area contributed by atoms with Crippen LogP contribution in [0.3, 0.4) is 0 Å². The van der Waals surface area contributed by atoms with Gasteiger partial charge in [0.15, 0.2) is 0 Å². The van der Waals surface area contributed by atoms with E-state index >= 15 is 0 Å². The maximum Gasteiger partial charge on any atom is 0.228 e. The van der Waals surface area contributed by atoms with E-state index in [1.54, 1.807) is 29.1 Å². The zero-order valence-electron chi connectivity index (χ0n) is 13.8. The topological polar surface area (TPSA) is 56.8 Å². The Hall–Kier alpha value is -1.66. The summed E-state index contributed by atoms with van der Waals surface area (Å²) < 4.78 is 0. The van der Waals surface area contributed by atoms with Gasteiger partial charge in [-0.2, -0.15) is 0 Å². The molecule has 0 bridgehead atoms. The number of aromatic nitrogens is 1. The monoisotopic (exact) mass is 338 g/mol. The maximum atomic E-state index is 12.6. The Balaban J connectivity index is 1.93. The highest BCUT2D eigenvalue weighted by atomic mass is 35.5. The Morgan fingerprint density at radius 2 is 2.17 bits per heavy atom. The lowest BCUT2D eigenvalue weighted by Crippen LogP contribution is -2.36. The minimum absolute atomic E-state index is 0.0226. The van der Waals surface area contributed by atoms with E-state index in [0.717, 1.165) is 12.1 Å². The Morgan fingerprint density at radius 1 is 1.43 bits per heavy atom. The number of likely N-dealkylation sites (N-methyl/N-ethyl adjacent to an activating group) is 1. The zero-order chi connectivity index (χ0) is 17.0. The Kier molecular flexibility index (Phi) is 5.96. The summed E-state index contributed by atoms with van der Waals surface area (Å²) in [6, 6.07) is 3.64. The summed E-state index contributed by atoms with van der Waals surface area (Å²) in [5.41, 5.74) is 0.804. The first-order valence-corrected chi connectivity index (χ1v) is 8.03. The van der Waals surface area contributed by atoms with Crippen molar-refractivity contribution in [2.24, 2.45) is 5.92 Å². The fraction of sp³-hybridized carbons (Fsp3) is 0.562. The second-order valence-electron chi connectivity index (χ2n) is 6.19. The van der Waals surface area contributed by atoms with E-state index < -0.39 is 0 Å². The van der Waals surface area contributed by atoms with Crippen LogP contribution in [0.1, 0.15) is 12.0 Å². The van der Waals surface area contributed by atoms with Crippen molar-refractivity contribution < 1.29 is 9.59 Å². The first kappa shape index (κ1) is 17.7. The van der Waals surface area contributed by atoms with Gasteiger partial charge in [0.2, 0.25) is 11.8 Å². The molecule has 0 aromatic carbocycles. The molecule has 0 saturated carbocycles. The lowest BCUT2D eigenvalue weighted by Gasteiger charge is -2.22. The summed E-state index contributed by atoms with van der Waals surface area (Å²) in [6.45, 7) is 2.35. The Labute approximate surface area is 142 Å². The van der Waals surface area contributed by atoms with Crippen LogP contribution in [0.25, 0.3) is 0 Å². The number of halogens is 1. The number of carbonyl (C=O) groups excluding carboxylic acids is 2. The van der Waals surface area contributed by atoms with Gasteiger partial charge in [-0.3, -0.25) is 9.59 Å². The third kappa shape index (κ3) is 4.65. The molecule has 0 radical (unpaired) electrons. The fourth-order valence-electron chi connectivity index (χ4n) is 2.66. The highest BCUT2D eigenvalue weighted by molar-refractivity contribution is 6.30.